The van der Waals surface area contributed by atoms with Crippen LogP contribution in [-0.4, -0.2) is 46.3 Å². The summed E-state index contributed by atoms with van der Waals surface area (Å²) in [6, 6.07) is 8.04. The maximum Gasteiger partial charge on any atom is 0.337 e. The van der Waals surface area contributed by atoms with Crippen LogP contribution in [0.5, 0.6) is 5.75 Å². The van der Waals surface area contributed by atoms with Crippen molar-refractivity contribution in [1.29, 1.82) is 0 Å². The van der Waals surface area contributed by atoms with Gasteiger partial charge in [0.15, 0.2) is 11.2 Å². The molecule has 192 valence electrons. The number of fused-ring (bicyclic) bond motifs is 1. The molecule has 0 saturated carbocycles. The molecule has 37 heavy (non-hydrogen) atoms. The first kappa shape index (κ1) is 24.1. The number of hydrogen-bond donors (Lipinski definition) is 1. The number of aromatic nitrogens is 2. The Bertz CT molecular complexity index is 1540. The first-order chi connectivity index (χ1) is 17.6. The van der Waals surface area contributed by atoms with Gasteiger partial charge in [-0.3, -0.25) is 4.98 Å². The molecule has 0 aliphatic carbocycles. The first-order valence-corrected chi connectivity index (χ1v) is 13.6. The maximum atomic E-state index is 12.7. The monoisotopic (exact) mass is 517 g/mol. The lowest BCUT2D eigenvalue weighted by Crippen LogP contribution is -2.45. The average molecular weight is 518 g/mol. The molecule has 1 saturated heterocycles. The molecule has 2 aromatic carbocycles. The zero-order valence-corrected chi connectivity index (χ0v) is 22.6. The van der Waals surface area contributed by atoms with Crippen LogP contribution in [0.3, 0.4) is 0 Å². The van der Waals surface area contributed by atoms with E-state index in [-0.39, 0.29) is 0 Å². The van der Waals surface area contributed by atoms with Crippen LogP contribution in [0.2, 0.25) is 0 Å². The van der Waals surface area contributed by atoms with E-state index >= 15 is 0 Å². The van der Waals surface area contributed by atoms with Crippen LogP contribution in [0.25, 0.3) is 32.2 Å². The number of rotatable bonds is 5. The summed E-state index contributed by atoms with van der Waals surface area (Å²) < 4.78 is 13.1. The fourth-order valence-corrected chi connectivity index (χ4v) is 6.62. The Balaban J connectivity index is 1.68. The number of aryl methyl sites for hydroxylation is 1. The summed E-state index contributed by atoms with van der Waals surface area (Å²) in [6.07, 6.45) is 1.51. The van der Waals surface area contributed by atoms with E-state index in [1.54, 1.807) is 11.3 Å². The van der Waals surface area contributed by atoms with Gasteiger partial charge in [-0.15, -0.1) is 0 Å². The summed E-state index contributed by atoms with van der Waals surface area (Å²) in [5, 5.41) is 12.4. The molecular weight excluding hydrogens is 486 g/mol. The highest BCUT2D eigenvalue weighted by atomic mass is 32.1. The molecule has 2 aliphatic heterocycles. The van der Waals surface area contributed by atoms with Crippen LogP contribution < -0.4 is 9.64 Å². The van der Waals surface area contributed by atoms with Gasteiger partial charge >= 0.3 is 5.97 Å². The van der Waals surface area contributed by atoms with Gasteiger partial charge in [-0.1, -0.05) is 18.3 Å². The average Bonchev–Trinajstić information content (AvgIpc) is 3.23. The SMILES string of the molecule is Cc1cc2nc(N3CC(C)C3)sc2c(-c2ccc3c4c(ccnc24)CCO3)c1C(OC(C)(C)C)C(=O)O. The van der Waals surface area contributed by atoms with E-state index in [0.717, 1.165) is 68.2 Å². The number of carboxylic acid groups (broad SMARTS) is 1. The second-order valence-electron chi connectivity index (χ2n) is 11.2. The molecule has 0 bridgehead atoms. The van der Waals surface area contributed by atoms with Gasteiger partial charge in [0, 0.05) is 47.8 Å². The Kier molecular flexibility index (Phi) is 5.65. The van der Waals surface area contributed by atoms with Gasteiger partial charge in [0.1, 0.15) is 5.75 Å². The van der Waals surface area contributed by atoms with Gasteiger partial charge < -0.3 is 19.5 Å². The molecule has 8 heteroatoms. The van der Waals surface area contributed by atoms with Crippen molar-refractivity contribution in [3.63, 3.8) is 0 Å². The molecule has 6 rings (SSSR count). The summed E-state index contributed by atoms with van der Waals surface area (Å²) in [4.78, 5) is 24.8. The Morgan fingerprint density at radius 1 is 1.27 bits per heavy atom. The normalized spacial score (nSPS) is 16.6. The molecular formula is C29H31N3O4S. The van der Waals surface area contributed by atoms with E-state index in [1.807, 2.05) is 58.2 Å². The van der Waals surface area contributed by atoms with Crippen LogP contribution in [-0.2, 0) is 16.0 Å². The molecule has 0 radical (unpaired) electrons. The zero-order chi connectivity index (χ0) is 26.1. The molecule has 1 unspecified atom stereocenters. The second kappa shape index (κ2) is 8.67. The molecule has 2 aromatic heterocycles. The fourth-order valence-electron chi connectivity index (χ4n) is 5.48. The van der Waals surface area contributed by atoms with Crippen LogP contribution in [0, 0.1) is 12.8 Å². The number of carbonyl (C=O) groups is 1. The minimum Gasteiger partial charge on any atom is -0.493 e. The summed E-state index contributed by atoms with van der Waals surface area (Å²) in [7, 11) is 0. The van der Waals surface area contributed by atoms with E-state index in [0.29, 0.717) is 18.1 Å². The van der Waals surface area contributed by atoms with Crippen LogP contribution in [0.15, 0.2) is 30.5 Å². The smallest absolute Gasteiger partial charge is 0.337 e. The number of benzene rings is 2. The third kappa shape index (κ3) is 4.12. The highest BCUT2D eigenvalue weighted by molar-refractivity contribution is 7.22. The highest BCUT2D eigenvalue weighted by Gasteiger charge is 2.34. The molecule has 2 aliphatic rings. The largest absolute Gasteiger partial charge is 0.493 e. The molecule has 1 atom stereocenters. The van der Waals surface area contributed by atoms with Gasteiger partial charge in [-0.2, -0.15) is 0 Å². The van der Waals surface area contributed by atoms with E-state index in [9.17, 15) is 9.90 Å². The van der Waals surface area contributed by atoms with Crippen molar-refractivity contribution < 1.29 is 19.4 Å². The Hall–Kier alpha value is -3.23. The first-order valence-electron chi connectivity index (χ1n) is 12.7. The number of ether oxygens (including phenoxy) is 2. The van der Waals surface area contributed by atoms with E-state index in [2.05, 4.69) is 11.8 Å². The maximum absolute atomic E-state index is 12.7. The van der Waals surface area contributed by atoms with Crippen molar-refractivity contribution >= 4 is 43.6 Å². The van der Waals surface area contributed by atoms with Crippen molar-refractivity contribution in [3.8, 4) is 16.9 Å². The Morgan fingerprint density at radius 3 is 2.76 bits per heavy atom. The van der Waals surface area contributed by atoms with E-state index in [4.69, 9.17) is 19.4 Å². The molecule has 0 spiro atoms. The summed E-state index contributed by atoms with van der Waals surface area (Å²) >= 11 is 1.62. The topological polar surface area (TPSA) is 84.8 Å². The third-order valence-corrected chi connectivity index (χ3v) is 8.20. The molecule has 7 nitrogen and oxygen atoms in total. The predicted molar refractivity (Wildman–Crippen MR) is 147 cm³/mol. The number of thiazole rings is 1. The van der Waals surface area contributed by atoms with Gasteiger partial charge in [0.25, 0.3) is 0 Å². The minimum absolute atomic E-state index is 0.637. The van der Waals surface area contributed by atoms with Crippen molar-refractivity contribution in [2.75, 3.05) is 24.6 Å². The third-order valence-electron chi connectivity index (χ3n) is 7.05. The van der Waals surface area contributed by atoms with Crippen LogP contribution in [0.4, 0.5) is 5.13 Å². The lowest BCUT2D eigenvalue weighted by molar-refractivity contribution is -0.160. The van der Waals surface area contributed by atoms with Gasteiger partial charge in [0.05, 0.1) is 27.9 Å². The molecule has 1 fully saturated rings. The number of nitrogens with zero attached hydrogens (tertiary/aromatic N) is 3. The van der Waals surface area contributed by atoms with Crippen molar-refractivity contribution in [3.05, 3.63) is 47.2 Å². The Morgan fingerprint density at radius 2 is 2.05 bits per heavy atom. The number of anilines is 1. The van der Waals surface area contributed by atoms with Crippen molar-refractivity contribution in [2.24, 2.45) is 5.92 Å². The number of aliphatic carboxylic acids is 1. The van der Waals surface area contributed by atoms with Crippen LogP contribution in [0.1, 0.15) is 50.5 Å². The second-order valence-corrected chi connectivity index (χ2v) is 12.2. The molecule has 4 heterocycles. The zero-order valence-electron chi connectivity index (χ0n) is 21.8. The Labute approximate surface area is 220 Å². The van der Waals surface area contributed by atoms with E-state index < -0.39 is 17.7 Å². The van der Waals surface area contributed by atoms with Gasteiger partial charge in [-0.25, -0.2) is 9.78 Å². The van der Waals surface area contributed by atoms with Gasteiger partial charge in [-0.05, 0) is 69.0 Å². The fraction of sp³-hybridized carbons (Fsp3) is 0.414. The molecule has 1 N–H and O–H groups in total. The number of pyridine rings is 1. The van der Waals surface area contributed by atoms with Crippen molar-refractivity contribution in [2.45, 2.75) is 52.7 Å². The summed E-state index contributed by atoms with van der Waals surface area (Å²) in [5.41, 5.74) is 5.43. The quantitative estimate of drug-likeness (QED) is 0.340. The van der Waals surface area contributed by atoms with E-state index in [1.165, 1.54) is 5.56 Å². The van der Waals surface area contributed by atoms with Gasteiger partial charge in [0.2, 0.25) is 0 Å². The summed E-state index contributed by atoms with van der Waals surface area (Å²) in [5.74, 6) is 0.447. The highest BCUT2D eigenvalue weighted by Crippen LogP contribution is 2.47. The number of carboxylic acids is 1. The number of hydrogen-bond acceptors (Lipinski definition) is 7. The minimum atomic E-state index is -1.14. The standard InChI is InChI=1S/C29H31N3O4S/c1-15-13-32(14-15)28-31-19-12-16(2)21(25(27(33)34)36-29(3,4)5)23(26(19)37-28)18-6-7-20-22-17(9-11-35-20)8-10-30-24(18)22/h6-8,10,12,15,25H,9,11,13-14H2,1-5H3,(H,33,34). The lowest BCUT2D eigenvalue weighted by atomic mass is 9.89. The van der Waals surface area contributed by atoms with Crippen LogP contribution >= 0.6 is 11.3 Å². The lowest BCUT2D eigenvalue weighted by Gasteiger charge is -2.36. The summed E-state index contributed by atoms with van der Waals surface area (Å²) in [6.45, 7) is 12.4. The predicted octanol–water partition coefficient (Wildman–Crippen LogP) is 6.15. The molecule has 0 amide bonds. The molecule has 4 aromatic rings. The van der Waals surface area contributed by atoms with Crippen molar-refractivity contribution in [1.82, 2.24) is 9.97 Å².